The summed E-state index contributed by atoms with van der Waals surface area (Å²) in [4.78, 5) is 20.9. The largest absolute Gasteiger partial charge is 0.368 e. The topological polar surface area (TPSA) is 54.3 Å². The average molecular weight is 382 g/mol. The van der Waals surface area contributed by atoms with Crippen LogP contribution in [0.1, 0.15) is 15.9 Å². The lowest BCUT2D eigenvalue weighted by Crippen LogP contribution is -2.48. The number of benzene rings is 2. The second kappa shape index (κ2) is 7.80. The first-order valence-electron chi connectivity index (χ1n) is 8.90. The maximum absolute atomic E-state index is 12.8. The number of piperazine rings is 1. The fraction of sp³-hybridized carbons (Fsp3) is 0.250. The summed E-state index contributed by atoms with van der Waals surface area (Å²) in [6.45, 7) is 3.65. The molecule has 138 valence electrons. The van der Waals surface area contributed by atoms with E-state index in [1.54, 1.807) is 11.0 Å². The Hall–Kier alpha value is -2.86. The minimum absolute atomic E-state index is 0.0769. The van der Waals surface area contributed by atoms with Crippen LogP contribution in [0.15, 0.2) is 61.2 Å². The highest BCUT2D eigenvalue weighted by Crippen LogP contribution is 2.21. The van der Waals surface area contributed by atoms with Crippen molar-refractivity contribution in [3.05, 3.63) is 77.3 Å². The predicted octanol–water partition coefficient (Wildman–Crippen LogP) is 2.94. The Kier molecular flexibility index (Phi) is 5.07. The number of carbonyl (C=O) groups excluding carboxylic acids is 1. The molecule has 0 radical (unpaired) electrons. The van der Waals surface area contributed by atoms with Crippen LogP contribution < -0.4 is 4.90 Å². The molecule has 27 heavy (non-hydrogen) atoms. The highest BCUT2D eigenvalue weighted by molar-refractivity contribution is 6.30. The number of aromatic nitrogens is 3. The van der Waals surface area contributed by atoms with Gasteiger partial charge < -0.3 is 9.80 Å². The number of hydrogen-bond acceptors (Lipinski definition) is 4. The van der Waals surface area contributed by atoms with Gasteiger partial charge in [-0.15, -0.1) is 0 Å². The summed E-state index contributed by atoms with van der Waals surface area (Å²) in [6.07, 6.45) is 3.19. The third-order valence-corrected chi connectivity index (χ3v) is 4.99. The molecule has 0 bridgehead atoms. The Morgan fingerprint density at radius 2 is 1.81 bits per heavy atom. The molecule has 7 heteroatoms. The van der Waals surface area contributed by atoms with Crippen molar-refractivity contribution in [3.8, 4) is 0 Å². The molecule has 1 aliphatic heterocycles. The summed E-state index contributed by atoms with van der Waals surface area (Å²) in [5, 5.41) is 4.83. The van der Waals surface area contributed by atoms with E-state index in [-0.39, 0.29) is 5.91 Å². The van der Waals surface area contributed by atoms with Crippen LogP contribution >= 0.6 is 11.6 Å². The van der Waals surface area contributed by atoms with Gasteiger partial charge in [-0.3, -0.25) is 4.79 Å². The van der Waals surface area contributed by atoms with E-state index < -0.39 is 0 Å². The highest BCUT2D eigenvalue weighted by Gasteiger charge is 2.22. The zero-order chi connectivity index (χ0) is 18.6. The quantitative estimate of drug-likeness (QED) is 0.697. The van der Waals surface area contributed by atoms with E-state index in [9.17, 15) is 4.79 Å². The summed E-state index contributed by atoms with van der Waals surface area (Å²) in [7, 11) is 0. The van der Waals surface area contributed by atoms with Gasteiger partial charge in [-0.2, -0.15) is 5.10 Å². The van der Waals surface area contributed by atoms with Gasteiger partial charge in [-0.05, 0) is 35.9 Å². The number of rotatable bonds is 4. The fourth-order valence-corrected chi connectivity index (χ4v) is 3.46. The van der Waals surface area contributed by atoms with Gasteiger partial charge in [0, 0.05) is 42.5 Å². The van der Waals surface area contributed by atoms with Crippen molar-refractivity contribution >= 4 is 23.2 Å². The molecule has 0 saturated carbocycles. The third-order valence-electron chi connectivity index (χ3n) is 4.75. The van der Waals surface area contributed by atoms with Crippen LogP contribution in [0.25, 0.3) is 0 Å². The van der Waals surface area contributed by atoms with Gasteiger partial charge in [0.25, 0.3) is 5.91 Å². The van der Waals surface area contributed by atoms with Gasteiger partial charge in [0.1, 0.15) is 12.7 Å². The first kappa shape index (κ1) is 17.5. The first-order chi connectivity index (χ1) is 13.2. The summed E-state index contributed by atoms with van der Waals surface area (Å²) < 4.78 is 1.76. The van der Waals surface area contributed by atoms with Gasteiger partial charge in [-0.1, -0.05) is 29.8 Å². The SMILES string of the molecule is O=C(c1ccc(Cn2cncn2)cc1)N1CCN(c2cccc(Cl)c2)CC1. The molecule has 0 N–H and O–H groups in total. The summed E-state index contributed by atoms with van der Waals surface area (Å²) in [5.41, 5.74) is 2.91. The Morgan fingerprint density at radius 1 is 1.04 bits per heavy atom. The van der Waals surface area contributed by atoms with Crippen LogP contribution in [0.3, 0.4) is 0 Å². The van der Waals surface area contributed by atoms with Crippen LogP contribution in [-0.4, -0.2) is 51.8 Å². The lowest BCUT2D eigenvalue weighted by molar-refractivity contribution is 0.0747. The van der Waals surface area contributed by atoms with Crippen LogP contribution in [0.5, 0.6) is 0 Å². The van der Waals surface area contributed by atoms with Crippen molar-refractivity contribution in [2.24, 2.45) is 0 Å². The van der Waals surface area contributed by atoms with E-state index in [0.717, 1.165) is 29.4 Å². The maximum atomic E-state index is 12.8. The average Bonchev–Trinajstić information content (AvgIpc) is 3.21. The number of halogens is 1. The molecular weight excluding hydrogens is 362 g/mol. The molecule has 0 unspecified atom stereocenters. The van der Waals surface area contributed by atoms with Crippen molar-refractivity contribution in [1.29, 1.82) is 0 Å². The van der Waals surface area contributed by atoms with E-state index in [1.165, 1.54) is 6.33 Å². The fourth-order valence-electron chi connectivity index (χ4n) is 3.28. The molecule has 4 rings (SSSR count). The van der Waals surface area contributed by atoms with Crippen molar-refractivity contribution in [3.63, 3.8) is 0 Å². The molecule has 1 aromatic heterocycles. The standard InChI is InChI=1S/C20H20ClN5O/c21-18-2-1-3-19(12-18)24-8-10-25(11-9-24)20(27)17-6-4-16(5-7-17)13-26-15-22-14-23-26/h1-7,12,14-15H,8-11,13H2. The molecule has 1 fully saturated rings. The first-order valence-corrected chi connectivity index (χ1v) is 9.28. The number of nitrogens with zero attached hydrogens (tertiary/aromatic N) is 5. The lowest BCUT2D eigenvalue weighted by Gasteiger charge is -2.36. The normalized spacial score (nSPS) is 14.4. The number of hydrogen-bond donors (Lipinski definition) is 0. The monoisotopic (exact) mass is 381 g/mol. The van der Waals surface area contributed by atoms with E-state index >= 15 is 0 Å². The van der Waals surface area contributed by atoms with Gasteiger partial charge in [-0.25, -0.2) is 9.67 Å². The van der Waals surface area contributed by atoms with Crippen molar-refractivity contribution in [2.75, 3.05) is 31.1 Å². The minimum atomic E-state index is 0.0769. The van der Waals surface area contributed by atoms with Crippen LogP contribution in [0, 0.1) is 0 Å². The Labute approximate surface area is 163 Å². The molecule has 1 aliphatic rings. The van der Waals surface area contributed by atoms with E-state index in [4.69, 9.17) is 11.6 Å². The molecule has 0 spiro atoms. The van der Waals surface area contributed by atoms with Crippen molar-refractivity contribution < 1.29 is 4.79 Å². The predicted molar refractivity (Wildman–Crippen MR) is 105 cm³/mol. The maximum Gasteiger partial charge on any atom is 0.253 e. The highest BCUT2D eigenvalue weighted by atomic mass is 35.5. The van der Waals surface area contributed by atoms with Crippen LogP contribution in [-0.2, 0) is 6.54 Å². The van der Waals surface area contributed by atoms with Crippen molar-refractivity contribution in [2.45, 2.75) is 6.54 Å². The molecule has 6 nitrogen and oxygen atoms in total. The molecule has 2 heterocycles. The molecule has 2 aromatic carbocycles. The second-order valence-corrected chi connectivity index (χ2v) is 6.99. The zero-order valence-corrected chi connectivity index (χ0v) is 15.6. The van der Waals surface area contributed by atoms with Crippen LogP contribution in [0.4, 0.5) is 5.69 Å². The van der Waals surface area contributed by atoms with E-state index in [2.05, 4.69) is 21.0 Å². The minimum Gasteiger partial charge on any atom is -0.368 e. The molecule has 0 atom stereocenters. The number of anilines is 1. The number of amides is 1. The zero-order valence-electron chi connectivity index (χ0n) is 14.8. The smallest absolute Gasteiger partial charge is 0.253 e. The molecule has 1 amide bonds. The Bertz CT molecular complexity index is 902. The molecule has 1 saturated heterocycles. The van der Waals surface area contributed by atoms with E-state index in [1.807, 2.05) is 47.4 Å². The van der Waals surface area contributed by atoms with Gasteiger partial charge in [0.15, 0.2) is 0 Å². The Morgan fingerprint density at radius 3 is 2.48 bits per heavy atom. The van der Waals surface area contributed by atoms with E-state index in [0.29, 0.717) is 25.2 Å². The number of carbonyl (C=O) groups is 1. The van der Waals surface area contributed by atoms with Gasteiger partial charge >= 0.3 is 0 Å². The molecule has 3 aromatic rings. The molecular formula is C20H20ClN5O. The Balaban J connectivity index is 1.36. The third kappa shape index (κ3) is 4.11. The summed E-state index contributed by atoms with van der Waals surface area (Å²) >= 11 is 6.08. The van der Waals surface area contributed by atoms with Gasteiger partial charge in [0.2, 0.25) is 0 Å². The molecule has 0 aliphatic carbocycles. The lowest BCUT2D eigenvalue weighted by atomic mass is 10.1. The summed E-state index contributed by atoms with van der Waals surface area (Å²) in [6, 6.07) is 15.6. The van der Waals surface area contributed by atoms with Crippen LogP contribution in [0.2, 0.25) is 5.02 Å². The summed E-state index contributed by atoms with van der Waals surface area (Å²) in [5.74, 6) is 0.0769. The second-order valence-electron chi connectivity index (χ2n) is 6.55. The van der Waals surface area contributed by atoms with Gasteiger partial charge in [0.05, 0.1) is 6.54 Å². The van der Waals surface area contributed by atoms with Crippen molar-refractivity contribution in [1.82, 2.24) is 19.7 Å².